The average molecular weight is 248 g/mol. The monoisotopic (exact) mass is 248 g/mol. The van der Waals surface area contributed by atoms with E-state index in [9.17, 15) is 4.79 Å². The van der Waals surface area contributed by atoms with Crippen molar-refractivity contribution in [2.75, 3.05) is 6.54 Å². The van der Waals surface area contributed by atoms with Crippen LogP contribution >= 0.6 is 0 Å². The Labute approximate surface area is 110 Å². The molecule has 0 aliphatic rings. The normalized spacial score (nSPS) is 12.5. The highest BCUT2D eigenvalue weighted by Gasteiger charge is 2.21. The number of nitrogens with two attached hydrogens (primary N) is 1. The minimum absolute atomic E-state index is 0.0860. The van der Waals surface area contributed by atoms with Crippen LogP contribution in [0.4, 0.5) is 0 Å². The summed E-state index contributed by atoms with van der Waals surface area (Å²) >= 11 is 0. The number of nitrogens with one attached hydrogen (secondary N) is 1. The number of hydrogen-bond donors (Lipinski definition) is 2. The predicted molar refractivity (Wildman–Crippen MR) is 75.5 cm³/mol. The molecule has 1 amide bonds. The van der Waals surface area contributed by atoms with Crippen molar-refractivity contribution in [2.24, 2.45) is 5.73 Å². The SMILES string of the molecule is Cc1ccccc1C(CCCN)C(=O)NC(C)C. The summed E-state index contributed by atoms with van der Waals surface area (Å²) in [6.45, 7) is 6.64. The zero-order chi connectivity index (χ0) is 13.5. The van der Waals surface area contributed by atoms with Crippen molar-refractivity contribution in [3.8, 4) is 0 Å². The van der Waals surface area contributed by atoms with E-state index in [0.29, 0.717) is 6.54 Å². The molecule has 0 saturated heterocycles. The molecule has 0 bridgehead atoms. The van der Waals surface area contributed by atoms with Crippen LogP contribution in [0.15, 0.2) is 24.3 Å². The summed E-state index contributed by atoms with van der Waals surface area (Å²) in [6.07, 6.45) is 1.67. The highest BCUT2D eigenvalue weighted by atomic mass is 16.1. The van der Waals surface area contributed by atoms with Crippen molar-refractivity contribution in [3.05, 3.63) is 35.4 Å². The van der Waals surface area contributed by atoms with Gasteiger partial charge in [0.1, 0.15) is 0 Å². The Morgan fingerprint density at radius 3 is 2.56 bits per heavy atom. The van der Waals surface area contributed by atoms with Crippen molar-refractivity contribution in [3.63, 3.8) is 0 Å². The van der Waals surface area contributed by atoms with Gasteiger partial charge in [0.25, 0.3) is 0 Å². The Balaban J connectivity index is 2.90. The van der Waals surface area contributed by atoms with Crippen molar-refractivity contribution >= 4 is 5.91 Å². The molecule has 18 heavy (non-hydrogen) atoms. The fourth-order valence-corrected chi connectivity index (χ4v) is 2.11. The van der Waals surface area contributed by atoms with Crippen molar-refractivity contribution in [2.45, 2.75) is 45.6 Å². The van der Waals surface area contributed by atoms with Gasteiger partial charge >= 0.3 is 0 Å². The van der Waals surface area contributed by atoms with Crippen LogP contribution in [0, 0.1) is 6.92 Å². The second kappa shape index (κ2) is 7.17. The zero-order valence-electron chi connectivity index (χ0n) is 11.6. The van der Waals surface area contributed by atoms with Crippen molar-refractivity contribution in [1.29, 1.82) is 0 Å². The Morgan fingerprint density at radius 2 is 2.00 bits per heavy atom. The van der Waals surface area contributed by atoms with E-state index < -0.39 is 0 Å². The number of benzene rings is 1. The molecule has 0 radical (unpaired) electrons. The number of amides is 1. The van der Waals surface area contributed by atoms with Gasteiger partial charge in [-0.3, -0.25) is 4.79 Å². The van der Waals surface area contributed by atoms with Crippen LogP contribution in [0.3, 0.4) is 0 Å². The summed E-state index contributed by atoms with van der Waals surface area (Å²) < 4.78 is 0. The molecule has 100 valence electrons. The number of carbonyl (C=O) groups excluding carboxylic acids is 1. The highest BCUT2D eigenvalue weighted by Crippen LogP contribution is 2.24. The molecule has 0 saturated carbocycles. The average Bonchev–Trinajstić information content (AvgIpc) is 2.31. The summed E-state index contributed by atoms with van der Waals surface area (Å²) in [5.41, 5.74) is 7.84. The summed E-state index contributed by atoms with van der Waals surface area (Å²) in [5, 5.41) is 3.00. The van der Waals surface area contributed by atoms with Gasteiger partial charge in [-0.1, -0.05) is 24.3 Å². The van der Waals surface area contributed by atoms with Gasteiger partial charge in [-0.25, -0.2) is 0 Å². The molecule has 0 aliphatic heterocycles. The largest absolute Gasteiger partial charge is 0.353 e. The van der Waals surface area contributed by atoms with Crippen LogP contribution in [-0.2, 0) is 4.79 Å². The molecule has 0 spiro atoms. The van der Waals surface area contributed by atoms with Gasteiger partial charge in [0, 0.05) is 6.04 Å². The molecular weight excluding hydrogens is 224 g/mol. The first-order valence-corrected chi connectivity index (χ1v) is 6.62. The molecule has 1 rings (SSSR count). The Hall–Kier alpha value is -1.35. The number of aryl methyl sites for hydroxylation is 1. The maximum atomic E-state index is 12.3. The third-order valence-corrected chi connectivity index (χ3v) is 3.01. The van der Waals surface area contributed by atoms with Crippen LogP contribution in [-0.4, -0.2) is 18.5 Å². The lowest BCUT2D eigenvalue weighted by molar-refractivity contribution is -0.123. The van der Waals surface area contributed by atoms with Gasteiger partial charge in [0.05, 0.1) is 5.92 Å². The van der Waals surface area contributed by atoms with E-state index in [1.807, 2.05) is 45.0 Å². The maximum Gasteiger partial charge on any atom is 0.227 e. The minimum Gasteiger partial charge on any atom is -0.353 e. The maximum absolute atomic E-state index is 12.3. The van der Waals surface area contributed by atoms with Gasteiger partial charge < -0.3 is 11.1 Å². The molecule has 1 unspecified atom stereocenters. The molecule has 1 aromatic carbocycles. The molecule has 3 nitrogen and oxygen atoms in total. The third kappa shape index (κ3) is 4.15. The Kier molecular flexibility index (Phi) is 5.86. The molecule has 0 aromatic heterocycles. The smallest absolute Gasteiger partial charge is 0.227 e. The topological polar surface area (TPSA) is 55.1 Å². The summed E-state index contributed by atoms with van der Waals surface area (Å²) in [7, 11) is 0. The number of rotatable bonds is 6. The number of hydrogen-bond acceptors (Lipinski definition) is 2. The van der Waals surface area contributed by atoms with E-state index in [2.05, 4.69) is 5.32 Å². The van der Waals surface area contributed by atoms with E-state index in [0.717, 1.165) is 18.4 Å². The predicted octanol–water partition coefficient (Wildman–Crippen LogP) is 2.34. The molecular formula is C15H24N2O. The first kappa shape index (κ1) is 14.7. The molecule has 3 heteroatoms. The lowest BCUT2D eigenvalue weighted by Gasteiger charge is -2.20. The van der Waals surface area contributed by atoms with Gasteiger partial charge in [-0.15, -0.1) is 0 Å². The van der Waals surface area contributed by atoms with E-state index in [1.54, 1.807) is 0 Å². The molecule has 0 fully saturated rings. The second-order valence-corrected chi connectivity index (χ2v) is 5.00. The Bertz CT molecular complexity index is 388. The minimum atomic E-state index is -0.0860. The first-order chi connectivity index (χ1) is 8.56. The van der Waals surface area contributed by atoms with Crippen LogP contribution in [0.2, 0.25) is 0 Å². The van der Waals surface area contributed by atoms with Gasteiger partial charge in [-0.05, 0) is 51.3 Å². The lowest BCUT2D eigenvalue weighted by Crippen LogP contribution is -2.35. The molecule has 0 heterocycles. The van der Waals surface area contributed by atoms with Gasteiger partial charge in [0.2, 0.25) is 5.91 Å². The highest BCUT2D eigenvalue weighted by molar-refractivity contribution is 5.84. The van der Waals surface area contributed by atoms with Crippen molar-refractivity contribution in [1.82, 2.24) is 5.32 Å². The van der Waals surface area contributed by atoms with Crippen LogP contribution in [0.25, 0.3) is 0 Å². The van der Waals surface area contributed by atoms with Gasteiger partial charge in [0.15, 0.2) is 0 Å². The third-order valence-electron chi connectivity index (χ3n) is 3.01. The molecule has 1 atom stereocenters. The van der Waals surface area contributed by atoms with E-state index >= 15 is 0 Å². The van der Waals surface area contributed by atoms with Crippen LogP contribution < -0.4 is 11.1 Å². The Morgan fingerprint density at radius 1 is 1.33 bits per heavy atom. The van der Waals surface area contributed by atoms with Crippen LogP contribution in [0.1, 0.15) is 43.7 Å². The van der Waals surface area contributed by atoms with Crippen molar-refractivity contribution < 1.29 is 4.79 Å². The zero-order valence-corrected chi connectivity index (χ0v) is 11.6. The molecule has 0 aliphatic carbocycles. The molecule has 3 N–H and O–H groups in total. The molecule has 1 aromatic rings. The quantitative estimate of drug-likeness (QED) is 0.812. The summed E-state index contributed by atoms with van der Waals surface area (Å²) in [4.78, 5) is 12.3. The summed E-state index contributed by atoms with van der Waals surface area (Å²) in [5.74, 6) is 0.0184. The van der Waals surface area contributed by atoms with Gasteiger partial charge in [-0.2, -0.15) is 0 Å². The standard InChI is InChI=1S/C15H24N2O/c1-11(2)17-15(18)14(9-6-10-16)13-8-5-4-7-12(13)3/h4-5,7-8,11,14H,6,9-10,16H2,1-3H3,(H,17,18). The van der Waals surface area contributed by atoms with E-state index in [-0.39, 0.29) is 17.9 Å². The van der Waals surface area contributed by atoms with Crippen LogP contribution in [0.5, 0.6) is 0 Å². The lowest BCUT2D eigenvalue weighted by atomic mass is 9.90. The fraction of sp³-hybridized carbons (Fsp3) is 0.533. The fourth-order valence-electron chi connectivity index (χ4n) is 2.11. The summed E-state index contributed by atoms with van der Waals surface area (Å²) in [6, 6.07) is 8.24. The second-order valence-electron chi connectivity index (χ2n) is 5.00. The van der Waals surface area contributed by atoms with E-state index in [1.165, 1.54) is 5.56 Å². The number of carbonyl (C=O) groups is 1. The first-order valence-electron chi connectivity index (χ1n) is 6.62. The van der Waals surface area contributed by atoms with E-state index in [4.69, 9.17) is 5.73 Å².